The highest BCUT2D eigenvalue weighted by atomic mass is 32.2. The molecule has 1 saturated heterocycles. The Balaban J connectivity index is 2.09. The lowest BCUT2D eigenvalue weighted by atomic mass is 9.91. The molecule has 1 atom stereocenters. The van der Waals surface area contributed by atoms with Gasteiger partial charge in [-0.15, -0.1) is 0 Å². The lowest BCUT2D eigenvalue weighted by Crippen LogP contribution is -2.62. The number of nitrogens with one attached hydrogen (secondary N) is 1. The van der Waals surface area contributed by atoms with Gasteiger partial charge in [0.1, 0.15) is 5.54 Å². The third-order valence-electron chi connectivity index (χ3n) is 4.35. The minimum absolute atomic E-state index is 0.104. The Morgan fingerprint density at radius 3 is 2.52 bits per heavy atom. The first kappa shape index (κ1) is 16.9. The van der Waals surface area contributed by atoms with E-state index in [1.807, 2.05) is 6.92 Å². The molecule has 1 aliphatic heterocycles. The summed E-state index contributed by atoms with van der Waals surface area (Å²) in [7, 11) is -0.682. The predicted molar refractivity (Wildman–Crippen MR) is 84.7 cm³/mol. The van der Waals surface area contributed by atoms with Crippen LogP contribution in [0, 0.1) is 5.92 Å². The molecular weight excluding hydrogens is 288 g/mol. The summed E-state index contributed by atoms with van der Waals surface area (Å²) < 4.78 is 16.9. The fourth-order valence-electron chi connectivity index (χ4n) is 3.00. The second kappa shape index (κ2) is 7.70. The van der Waals surface area contributed by atoms with Crippen molar-refractivity contribution >= 4 is 16.8 Å². The normalized spacial score (nSPS) is 23.7. The number of hydrogen-bond donors (Lipinski definition) is 1. The zero-order valence-corrected chi connectivity index (χ0v) is 14.0. The largest absolute Gasteiger partial charge is 0.465 e. The topological polar surface area (TPSA) is 58.6 Å². The van der Waals surface area contributed by atoms with Crippen LogP contribution in [0.3, 0.4) is 0 Å². The third kappa shape index (κ3) is 4.27. The third-order valence-corrected chi connectivity index (χ3v) is 5.62. The fraction of sp³-hybridized carbons (Fsp3) is 0.933. The average molecular weight is 316 g/mol. The monoisotopic (exact) mass is 316 g/mol. The van der Waals surface area contributed by atoms with Crippen molar-refractivity contribution in [2.24, 2.45) is 5.92 Å². The summed E-state index contributed by atoms with van der Waals surface area (Å²) in [4.78, 5) is 14.9. The highest BCUT2D eigenvalue weighted by molar-refractivity contribution is 7.85. The molecule has 1 unspecified atom stereocenters. The van der Waals surface area contributed by atoms with E-state index in [4.69, 9.17) is 4.74 Å². The number of carbonyl (C=O) groups excluding carboxylic acids is 1. The van der Waals surface area contributed by atoms with Crippen molar-refractivity contribution in [2.75, 3.05) is 44.3 Å². The van der Waals surface area contributed by atoms with Gasteiger partial charge in [-0.25, -0.2) is 4.79 Å². The summed E-state index contributed by atoms with van der Waals surface area (Å²) in [6, 6.07) is 0. The highest BCUT2D eigenvalue weighted by Gasteiger charge is 2.52. The number of hydrogen-bond acceptors (Lipinski definition) is 5. The maximum absolute atomic E-state index is 12.6. The van der Waals surface area contributed by atoms with Gasteiger partial charge in [0.25, 0.3) is 0 Å². The van der Waals surface area contributed by atoms with Gasteiger partial charge in [-0.1, -0.05) is 6.92 Å². The summed E-state index contributed by atoms with van der Waals surface area (Å²) in [5.41, 5.74) is -0.565. The maximum atomic E-state index is 12.6. The van der Waals surface area contributed by atoms with Gasteiger partial charge in [0.05, 0.1) is 6.61 Å². The lowest BCUT2D eigenvalue weighted by Gasteiger charge is -2.38. The van der Waals surface area contributed by atoms with Crippen molar-refractivity contribution in [3.8, 4) is 0 Å². The minimum atomic E-state index is -0.682. The van der Waals surface area contributed by atoms with Gasteiger partial charge in [0.15, 0.2) is 0 Å². The van der Waals surface area contributed by atoms with Crippen molar-refractivity contribution in [1.29, 1.82) is 0 Å². The molecule has 6 heteroatoms. The summed E-state index contributed by atoms with van der Waals surface area (Å²) in [5, 5.41) is 3.50. The standard InChI is InChI=1S/C15H28N2O3S/c1-3-7-16-15(13-5-6-13,14(18)20-4-2)12-17-8-10-21(19)11-9-17/h13,16H,3-12H2,1-2H3. The first-order valence-electron chi connectivity index (χ1n) is 8.12. The number of nitrogens with zero attached hydrogens (tertiary/aromatic N) is 1. The molecule has 2 rings (SSSR count). The molecule has 0 bridgehead atoms. The molecule has 0 spiro atoms. The van der Waals surface area contributed by atoms with E-state index in [0.717, 1.165) is 50.4 Å². The highest BCUT2D eigenvalue weighted by Crippen LogP contribution is 2.41. The van der Waals surface area contributed by atoms with Gasteiger partial charge >= 0.3 is 5.97 Å². The van der Waals surface area contributed by atoms with Crippen LogP contribution < -0.4 is 5.32 Å². The van der Waals surface area contributed by atoms with E-state index in [1.165, 1.54) is 0 Å². The Kier molecular flexibility index (Phi) is 6.20. The van der Waals surface area contributed by atoms with Gasteiger partial charge < -0.3 is 10.1 Å². The summed E-state index contributed by atoms with van der Waals surface area (Å²) in [6.07, 6.45) is 3.18. The molecule has 0 amide bonds. The molecule has 1 aliphatic carbocycles. The Hall–Kier alpha value is -0.460. The molecule has 21 heavy (non-hydrogen) atoms. The summed E-state index contributed by atoms with van der Waals surface area (Å²) >= 11 is 0. The Labute approximate surface area is 130 Å². The van der Waals surface area contributed by atoms with E-state index in [2.05, 4.69) is 17.1 Å². The van der Waals surface area contributed by atoms with Crippen LogP contribution in [0.4, 0.5) is 0 Å². The molecule has 122 valence electrons. The van der Waals surface area contributed by atoms with Crippen LogP contribution in [0.2, 0.25) is 0 Å². The van der Waals surface area contributed by atoms with Crippen LogP contribution >= 0.6 is 0 Å². The second-order valence-electron chi connectivity index (χ2n) is 6.02. The Morgan fingerprint density at radius 1 is 1.33 bits per heavy atom. The van der Waals surface area contributed by atoms with Crippen molar-refractivity contribution in [2.45, 2.75) is 38.6 Å². The van der Waals surface area contributed by atoms with Crippen LogP contribution in [0.5, 0.6) is 0 Å². The molecule has 1 saturated carbocycles. The van der Waals surface area contributed by atoms with E-state index < -0.39 is 16.3 Å². The molecule has 0 aromatic heterocycles. The zero-order chi connectivity index (χ0) is 15.3. The maximum Gasteiger partial charge on any atom is 0.327 e. The molecule has 2 aliphatic rings. The van der Waals surface area contributed by atoms with E-state index >= 15 is 0 Å². The smallest absolute Gasteiger partial charge is 0.327 e. The number of esters is 1. The van der Waals surface area contributed by atoms with Gasteiger partial charge in [-0.2, -0.15) is 0 Å². The minimum Gasteiger partial charge on any atom is -0.465 e. The van der Waals surface area contributed by atoms with Crippen LogP contribution in [0.15, 0.2) is 0 Å². The molecular formula is C15H28N2O3S. The molecule has 1 heterocycles. The Bertz CT molecular complexity index is 377. The van der Waals surface area contributed by atoms with E-state index in [1.54, 1.807) is 0 Å². The molecule has 5 nitrogen and oxygen atoms in total. The molecule has 2 fully saturated rings. The fourth-order valence-corrected chi connectivity index (χ4v) is 4.13. The molecule has 0 aromatic rings. The van der Waals surface area contributed by atoms with Crippen LogP contribution in [-0.4, -0.2) is 64.9 Å². The van der Waals surface area contributed by atoms with Gasteiger partial charge in [0.2, 0.25) is 0 Å². The van der Waals surface area contributed by atoms with Crippen molar-refractivity contribution in [3.63, 3.8) is 0 Å². The van der Waals surface area contributed by atoms with Crippen LogP contribution in [0.25, 0.3) is 0 Å². The van der Waals surface area contributed by atoms with Crippen molar-refractivity contribution in [1.82, 2.24) is 10.2 Å². The van der Waals surface area contributed by atoms with Crippen molar-refractivity contribution in [3.05, 3.63) is 0 Å². The van der Waals surface area contributed by atoms with Gasteiger partial charge in [0, 0.05) is 41.9 Å². The van der Waals surface area contributed by atoms with Crippen molar-refractivity contribution < 1.29 is 13.7 Å². The average Bonchev–Trinajstić information content (AvgIpc) is 3.31. The van der Waals surface area contributed by atoms with Gasteiger partial charge in [-0.3, -0.25) is 9.11 Å². The van der Waals surface area contributed by atoms with E-state index in [9.17, 15) is 9.00 Å². The first-order valence-corrected chi connectivity index (χ1v) is 9.60. The molecule has 1 N–H and O–H groups in total. The number of carbonyl (C=O) groups is 1. The lowest BCUT2D eigenvalue weighted by molar-refractivity contribution is -0.153. The first-order chi connectivity index (χ1) is 10.1. The van der Waals surface area contributed by atoms with E-state index in [0.29, 0.717) is 19.1 Å². The van der Waals surface area contributed by atoms with Gasteiger partial charge in [-0.05, 0) is 38.6 Å². The SMILES string of the molecule is CCCNC(CN1CCS(=O)CC1)(C(=O)OCC)C1CC1. The zero-order valence-electron chi connectivity index (χ0n) is 13.2. The van der Waals surface area contributed by atoms with E-state index in [-0.39, 0.29) is 5.97 Å². The molecule has 0 aromatic carbocycles. The Morgan fingerprint density at radius 2 is 2.00 bits per heavy atom. The van der Waals surface area contributed by atoms with Crippen LogP contribution in [-0.2, 0) is 20.3 Å². The quantitative estimate of drug-likeness (QED) is 0.670. The van der Waals surface area contributed by atoms with Crippen LogP contribution in [0.1, 0.15) is 33.1 Å². The summed E-state index contributed by atoms with van der Waals surface area (Å²) in [5.74, 6) is 1.72. The predicted octanol–water partition coefficient (Wildman–Crippen LogP) is 0.762. The number of rotatable bonds is 8. The second-order valence-corrected chi connectivity index (χ2v) is 7.71. The number of ether oxygens (including phenoxy) is 1. The molecule has 0 radical (unpaired) electrons. The summed E-state index contributed by atoms with van der Waals surface area (Å²) in [6.45, 7) is 7.54.